The van der Waals surface area contributed by atoms with Crippen molar-refractivity contribution in [2.75, 3.05) is 25.1 Å². The molecule has 0 N–H and O–H groups in total. The first kappa shape index (κ1) is 15.3. The smallest absolute Gasteiger partial charge is 0.340 e. The molecule has 0 aromatic heterocycles. The maximum atomic E-state index is 13.0. The van der Waals surface area contributed by atoms with Crippen LogP contribution in [0.25, 0.3) is 0 Å². The zero-order valence-electron chi connectivity index (χ0n) is 13.4. The van der Waals surface area contributed by atoms with Crippen molar-refractivity contribution in [3.8, 4) is 5.75 Å². The Bertz CT molecular complexity index is 782. The molecule has 0 spiro atoms. The second-order valence-electron chi connectivity index (χ2n) is 5.92. The average molecular weight is 344 g/mol. The molecule has 2 aliphatic rings. The van der Waals surface area contributed by atoms with Gasteiger partial charge in [0.15, 0.2) is 0 Å². The molecule has 2 amide bonds. The lowest BCUT2D eigenvalue weighted by molar-refractivity contribution is 0.0727. The zero-order valence-corrected chi connectivity index (χ0v) is 14.1. The molecular weight excluding hydrogens is 326 g/mol. The van der Waals surface area contributed by atoms with E-state index in [1.165, 1.54) is 0 Å². The predicted octanol–water partition coefficient (Wildman–Crippen LogP) is 3.91. The third kappa shape index (κ3) is 2.41. The number of carbonyl (C=O) groups is 1. The van der Waals surface area contributed by atoms with Crippen LogP contribution in [0, 0.1) is 0 Å². The number of hydrazine groups is 1. The fourth-order valence-corrected chi connectivity index (χ4v) is 3.64. The van der Waals surface area contributed by atoms with Gasteiger partial charge in [-0.3, -0.25) is 9.91 Å². The van der Waals surface area contributed by atoms with Gasteiger partial charge in [0, 0.05) is 23.8 Å². The highest BCUT2D eigenvalue weighted by molar-refractivity contribution is 6.30. The standard InChI is InChI=1S/C18H18ClN3O2/c1-24-16-8-2-5-13(11-16)17-20-9-4-10-21(20)18(23)22(17)15-7-3-6-14(19)12-15/h2-3,5-8,11-12,17H,4,9-10H2,1H3/t17-/m1/s1. The first-order valence-corrected chi connectivity index (χ1v) is 8.33. The summed E-state index contributed by atoms with van der Waals surface area (Å²) in [6.07, 6.45) is 0.795. The number of rotatable bonds is 3. The lowest BCUT2D eigenvalue weighted by Gasteiger charge is -2.28. The van der Waals surface area contributed by atoms with E-state index in [4.69, 9.17) is 16.3 Å². The Morgan fingerprint density at radius 3 is 2.75 bits per heavy atom. The third-order valence-electron chi connectivity index (χ3n) is 4.50. The number of carbonyl (C=O) groups excluding carboxylic acids is 1. The largest absolute Gasteiger partial charge is 0.497 e. The number of anilines is 1. The van der Waals surface area contributed by atoms with Gasteiger partial charge in [-0.1, -0.05) is 29.8 Å². The number of nitrogens with zero attached hydrogens (tertiary/aromatic N) is 3. The molecule has 2 aromatic carbocycles. The number of hydrogen-bond acceptors (Lipinski definition) is 3. The SMILES string of the molecule is COc1cccc([C@H]2N(c3cccc(Cl)c3)C(=O)N3CCCN23)c1. The Kier molecular flexibility index (Phi) is 3.82. The van der Waals surface area contributed by atoms with E-state index in [0.717, 1.165) is 36.5 Å². The second-order valence-corrected chi connectivity index (χ2v) is 6.36. The van der Waals surface area contributed by atoms with Gasteiger partial charge >= 0.3 is 6.03 Å². The van der Waals surface area contributed by atoms with Crippen molar-refractivity contribution in [1.82, 2.24) is 10.0 Å². The van der Waals surface area contributed by atoms with Crippen LogP contribution in [0.15, 0.2) is 48.5 Å². The lowest BCUT2D eigenvalue weighted by atomic mass is 10.1. The van der Waals surface area contributed by atoms with E-state index in [1.807, 2.05) is 53.5 Å². The fourth-order valence-electron chi connectivity index (χ4n) is 3.45. The summed E-state index contributed by atoms with van der Waals surface area (Å²) >= 11 is 6.15. The molecule has 2 aromatic rings. The van der Waals surface area contributed by atoms with E-state index in [9.17, 15) is 4.79 Å². The highest BCUT2D eigenvalue weighted by Gasteiger charge is 2.47. The minimum atomic E-state index is -0.187. The van der Waals surface area contributed by atoms with E-state index in [1.54, 1.807) is 12.0 Å². The molecule has 0 radical (unpaired) electrons. The van der Waals surface area contributed by atoms with Crippen molar-refractivity contribution in [3.05, 3.63) is 59.1 Å². The zero-order chi connectivity index (χ0) is 16.7. The minimum Gasteiger partial charge on any atom is -0.497 e. The summed E-state index contributed by atoms with van der Waals surface area (Å²) < 4.78 is 5.36. The summed E-state index contributed by atoms with van der Waals surface area (Å²) in [7, 11) is 1.65. The average Bonchev–Trinajstić information content (AvgIpc) is 3.17. The van der Waals surface area contributed by atoms with E-state index >= 15 is 0 Å². The number of ether oxygens (including phenoxy) is 1. The minimum absolute atomic E-state index is 0.0115. The Balaban J connectivity index is 1.81. The monoisotopic (exact) mass is 343 g/mol. The number of methoxy groups -OCH3 is 1. The Labute approximate surface area is 145 Å². The Hall–Kier alpha value is -2.24. The van der Waals surface area contributed by atoms with Crippen LogP contribution in [0.5, 0.6) is 5.75 Å². The van der Waals surface area contributed by atoms with Gasteiger partial charge in [0.2, 0.25) is 0 Å². The molecule has 2 saturated heterocycles. The van der Waals surface area contributed by atoms with Crippen LogP contribution >= 0.6 is 11.6 Å². The molecule has 0 aliphatic carbocycles. The number of urea groups is 1. The first-order valence-electron chi connectivity index (χ1n) is 7.96. The highest BCUT2D eigenvalue weighted by atomic mass is 35.5. The normalized spacial score (nSPS) is 20.6. The molecule has 124 valence electrons. The molecular formula is C18H18ClN3O2. The van der Waals surface area contributed by atoms with Crippen LogP contribution in [0.1, 0.15) is 18.2 Å². The molecule has 4 rings (SSSR count). The van der Waals surface area contributed by atoms with Crippen LogP contribution in [-0.2, 0) is 0 Å². The van der Waals surface area contributed by atoms with Gasteiger partial charge in [0.25, 0.3) is 0 Å². The summed E-state index contributed by atoms with van der Waals surface area (Å²) in [4.78, 5) is 14.8. The number of amides is 2. The summed E-state index contributed by atoms with van der Waals surface area (Å²) in [5.41, 5.74) is 1.82. The number of benzene rings is 2. The van der Waals surface area contributed by atoms with Gasteiger partial charge in [-0.2, -0.15) is 5.01 Å². The lowest BCUT2D eigenvalue weighted by Crippen LogP contribution is -2.32. The quantitative estimate of drug-likeness (QED) is 0.847. The number of fused-ring (bicyclic) bond motifs is 1. The molecule has 1 atom stereocenters. The van der Waals surface area contributed by atoms with Crippen LogP contribution in [0.2, 0.25) is 5.02 Å². The number of hydrogen-bond donors (Lipinski definition) is 0. The van der Waals surface area contributed by atoms with Gasteiger partial charge in [-0.25, -0.2) is 4.79 Å². The van der Waals surface area contributed by atoms with Gasteiger partial charge in [-0.15, -0.1) is 0 Å². The van der Waals surface area contributed by atoms with E-state index < -0.39 is 0 Å². The first-order chi connectivity index (χ1) is 11.7. The molecule has 2 aliphatic heterocycles. The molecule has 2 fully saturated rings. The van der Waals surface area contributed by atoms with Crippen LogP contribution < -0.4 is 9.64 Å². The molecule has 5 nitrogen and oxygen atoms in total. The van der Waals surface area contributed by atoms with Gasteiger partial charge < -0.3 is 4.74 Å². The maximum absolute atomic E-state index is 13.0. The van der Waals surface area contributed by atoms with Crippen molar-refractivity contribution in [3.63, 3.8) is 0 Å². The van der Waals surface area contributed by atoms with Gasteiger partial charge in [0.05, 0.1) is 7.11 Å². The molecule has 0 unspecified atom stereocenters. The second kappa shape index (κ2) is 6.00. The summed E-state index contributed by atoms with van der Waals surface area (Å²) in [6.45, 7) is 1.60. The van der Waals surface area contributed by atoms with E-state index in [0.29, 0.717) is 5.02 Å². The molecule has 24 heavy (non-hydrogen) atoms. The number of halogens is 1. The molecule has 0 bridgehead atoms. The van der Waals surface area contributed by atoms with E-state index in [2.05, 4.69) is 5.01 Å². The molecule has 6 heteroatoms. The van der Waals surface area contributed by atoms with Crippen molar-refractivity contribution in [1.29, 1.82) is 0 Å². The maximum Gasteiger partial charge on any atom is 0.340 e. The third-order valence-corrected chi connectivity index (χ3v) is 4.73. The van der Waals surface area contributed by atoms with Crippen molar-refractivity contribution in [2.45, 2.75) is 12.6 Å². The van der Waals surface area contributed by atoms with Crippen LogP contribution in [0.4, 0.5) is 10.5 Å². The summed E-state index contributed by atoms with van der Waals surface area (Å²) in [5, 5.41) is 4.56. The van der Waals surface area contributed by atoms with Crippen LogP contribution in [-0.4, -0.2) is 36.2 Å². The van der Waals surface area contributed by atoms with Crippen molar-refractivity contribution < 1.29 is 9.53 Å². The Morgan fingerprint density at radius 1 is 1.12 bits per heavy atom. The highest BCUT2D eigenvalue weighted by Crippen LogP contribution is 2.41. The van der Waals surface area contributed by atoms with Gasteiger partial charge in [0.1, 0.15) is 11.9 Å². The Morgan fingerprint density at radius 2 is 1.96 bits per heavy atom. The topological polar surface area (TPSA) is 36.0 Å². The molecule has 2 heterocycles. The van der Waals surface area contributed by atoms with Crippen molar-refractivity contribution >= 4 is 23.3 Å². The fraction of sp³-hybridized carbons (Fsp3) is 0.278. The van der Waals surface area contributed by atoms with E-state index in [-0.39, 0.29) is 12.2 Å². The van der Waals surface area contributed by atoms with Crippen LogP contribution in [0.3, 0.4) is 0 Å². The van der Waals surface area contributed by atoms with Gasteiger partial charge in [-0.05, 0) is 42.3 Å². The summed E-state index contributed by atoms with van der Waals surface area (Å²) in [5.74, 6) is 0.781. The van der Waals surface area contributed by atoms with Crippen molar-refractivity contribution in [2.24, 2.45) is 0 Å². The summed E-state index contributed by atoms with van der Waals surface area (Å²) in [6, 6.07) is 15.3. The predicted molar refractivity (Wildman–Crippen MR) is 93.1 cm³/mol. The molecule has 0 saturated carbocycles.